The molecule has 0 spiro atoms. The van der Waals surface area contributed by atoms with Gasteiger partial charge in [0.1, 0.15) is 0 Å². The van der Waals surface area contributed by atoms with Crippen molar-refractivity contribution in [3.05, 3.63) is 191 Å². The van der Waals surface area contributed by atoms with Crippen LogP contribution in [0.4, 0.5) is 34.1 Å². The molecule has 0 amide bonds. The van der Waals surface area contributed by atoms with Gasteiger partial charge in [-0.3, -0.25) is 0 Å². The van der Waals surface area contributed by atoms with Crippen LogP contribution in [0.5, 0.6) is 0 Å². The van der Waals surface area contributed by atoms with Crippen molar-refractivity contribution in [3.63, 3.8) is 0 Å². The summed E-state index contributed by atoms with van der Waals surface area (Å²) in [5.41, 5.74) is 20.4. The van der Waals surface area contributed by atoms with E-state index >= 15 is 0 Å². The maximum absolute atomic E-state index is 2.67. The van der Waals surface area contributed by atoms with Crippen molar-refractivity contribution in [3.8, 4) is 22.3 Å². The minimum Gasteiger partial charge on any atom is -0.311 e. The highest BCUT2D eigenvalue weighted by molar-refractivity contribution is 6.00. The smallest absolute Gasteiger partial charge is 0.0544 e. The largest absolute Gasteiger partial charge is 0.311 e. The fourth-order valence-electron chi connectivity index (χ4n) is 9.59. The average Bonchev–Trinajstić information content (AvgIpc) is 3.18. The second-order valence-corrected chi connectivity index (χ2v) is 16.7. The van der Waals surface area contributed by atoms with Crippen LogP contribution in [0.2, 0.25) is 0 Å². The lowest BCUT2D eigenvalue weighted by atomic mass is 9.60. The van der Waals surface area contributed by atoms with Gasteiger partial charge in [-0.15, -0.1) is 0 Å². The molecule has 53 heavy (non-hydrogen) atoms. The van der Waals surface area contributed by atoms with Gasteiger partial charge in [-0.1, -0.05) is 139 Å². The molecule has 7 aromatic rings. The van der Waals surface area contributed by atoms with Crippen LogP contribution in [0, 0.1) is 0 Å². The molecular weight excluding hydrogens is 641 g/mol. The Balaban J connectivity index is 1.19. The SMILES string of the molecule is CC1(C)c2cccc3c2N2c4c1cc(-c1ccccc1)cc4C(C)(C)c1cc(-c4ccc(N(c5ccccc5)c5ccccc5)cc4)cc(c12)C3(C)C. The zero-order chi connectivity index (χ0) is 36.3. The van der Waals surface area contributed by atoms with Crippen molar-refractivity contribution in [1.29, 1.82) is 0 Å². The van der Waals surface area contributed by atoms with Gasteiger partial charge in [0.25, 0.3) is 0 Å². The van der Waals surface area contributed by atoms with Crippen LogP contribution in [-0.4, -0.2) is 0 Å². The highest BCUT2D eigenvalue weighted by Gasteiger charge is 2.52. The van der Waals surface area contributed by atoms with E-state index in [1.54, 1.807) is 0 Å². The van der Waals surface area contributed by atoms with Crippen molar-refractivity contribution < 1.29 is 0 Å². The first-order chi connectivity index (χ1) is 25.6. The molecule has 3 aliphatic rings. The summed E-state index contributed by atoms with van der Waals surface area (Å²) in [6.07, 6.45) is 0. The molecule has 0 radical (unpaired) electrons. The van der Waals surface area contributed by atoms with Crippen LogP contribution in [0.1, 0.15) is 74.9 Å². The Morgan fingerprint density at radius 1 is 0.321 bits per heavy atom. The van der Waals surface area contributed by atoms with E-state index in [0.29, 0.717) is 0 Å². The summed E-state index contributed by atoms with van der Waals surface area (Å²) in [4.78, 5) is 5.00. The van der Waals surface area contributed by atoms with Crippen molar-refractivity contribution in [2.24, 2.45) is 0 Å². The maximum atomic E-state index is 2.67. The van der Waals surface area contributed by atoms with Gasteiger partial charge >= 0.3 is 0 Å². The normalized spacial score (nSPS) is 16.2. The number of hydrogen-bond donors (Lipinski definition) is 0. The summed E-state index contributed by atoms with van der Waals surface area (Å²) >= 11 is 0. The first-order valence-corrected chi connectivity index (χ1v) is 18.9. The number of hydrogen-bond acceptors (Lipinski definition) is 2. The Hall–Kier alpha value is -5.86. The monoisotopic (exact) mass is 684 g/mol. The molecule has 258 valence electrons. The van der Waals surface area contributed by atoms with Gasteiger partial charge in [-0.05, 0) is 116 Å². The molecule has 2 nitrogen and oxygen atoms in total. The van der Waals surface area contributed by atoms with Gasteiger partial charge in [0.15, 0.2) is 0 Å². The van der Waals surface area contributed by atoms with Crippen molar-refractivity contribution in [2.45, 2.75) is 57.8 Å². The Bertz CT molecular complexity index is 2520. The third-order valence-electron chi connectivity index (χ3n) is 12.6. The lowest BCUT2D eigenvalue weighted by molar-refractivity contribution is 0.567. The Kier molecular flexibility index (Phi) is 6.65. The van der Waals surface area contributed by atoms with Crippen LogP contribution in [-0.2, 0) is 16.2 Å². The Morgan fingerprint density at radius 3 is 1.09 bits per heavy atom. The zero-order valence-corrected chi connectivity index (χ0v) is 31.4. The second kappa shape index (κ2) is 11.1. The molecule has 2 heteroatoms. The van der Waals surface area contributed by atoms with E-state index in [4.69, 9.17) is 0 Å². The summed E-state index contributed by atoms with van der Waals surface area (Å²) in [7, 11) is 0. The third kappa shape index (κ3) is 4.45. The molecule has 3 aliphatic heterocycles. The quantitative estimate of drug-likeness (QED) is 0.178. The van der Waals surface area contributed by atoms with Gasteiger partial charge in [-0.2, -0.15) is 0 Å². The Morgan fingerprint density at radius 2 is 0.660 bits per heavy atom. The topological polar surface area (TPSA) is 6.48 Å². The predicted molar refractivity (Wildman–Crippen MR) is 223 cm³/mol. The molecule has 0 saturated heterocycles. The zero-order valence-electron chi connectivity index (χ0n) is 31.4. The number of benzene rings is 7. The molecular formula is C51H44N2. The van der Waals surface area contributed by atoms with Crippen molar-refractivity contribution in [2.75, 3.05) is 9.80 Å². The molecule has 0 saturated carbocycles. The van der Waals surface area contributed by atoms with Gasteiger partial charge in [0.2, 0.25) is 0 Å². The van der Waals surface area contributed by atoms with Crippen molar-refractivity contribution >= 4 is 34.1 Å². The molecule has 10 rings (SSSR count). The average molecular weight is 685 g/mol. The summed E-state index contributed by atoms with van der Waals surface area (Å²) in [5.74, 6) is 0. The van der Waals surface area contributed by atoms with Gasteiger partial charge in [0, 0.05) is 33.3 Å². The summed E-state index contributed by atoms with van der Waals surface area (Å²) < 4.78 is 0. The van der Waals surface area contributed by atoms with Gasteiger partial charge < -0.3 is 9.80 Å². The molecule has 0 N–H and O–H groups in total. The minimum atomic E-state index is -0.237. The Labute approximate surface area is 314 Å². The van der Waals surface area contributed by atoms with E-state index in [1.807, 2.05) is 0 Å². The van der Waals surface area contributed by atoms with Crippen LogP contribution in [0.15, 0.2) is 158 Å². The third-order valence-corrected chi connectivity index (χ3v) is 12.6. The number of nitrogens with zero attached hydrogens (tertiary/aromatic N) is 2. The number of anilines is 6. The predicted octanol–water partition coefficient (Wildman–Crippen LogP) is 13.9. The second-order valence-electron chi connectivity index (χ2n) is 16.7. The highest BCUT2D eigenvalue weighted by Crippen LogP contribution is 2.66. The van der Waals surface area contributed by atoms with E-state index in [9.17, 15) is 0 Å². The minimum absolute atomic E-state index is 0.160. The van der Waals surface area contributed by atoms with Crippen LogP contribution < -0.4 is 9.80 Å². The molecule has 0 aliphatic carbocycles. The number of rotatable bonds is 5. The van der Waals surface area contributed by atoms with Gasteiger partial charge in [0.05, 0.1) is 17.1 Å². The molecule has 3 heterocycles. The molecule has 0 aromatic heterocycles. The molecule has 0 fully saturated rings. The van der Waals surface area contributed by atoms with Gasteiger partial charge in [-0.25, -0.2) is 0 Å². The van der Waals surface area contributed by atoms with E-state index in [2.05, 4.69) is 209 Å². The maximum Gasteiger partial charge on any atom is 0.0544 e. The molecule has 0 bridgehead atoms. The molecule has 0 unspecified atom stereocenters. The fourth-order valence-corrected chi connectivity index (χ4v) is 9.59. The number of para-hydroxylation sites is 3. The van der Waals surface area contributed by atoms with E-state index in [1.165, 1.54) is 72.7 Å². The summed E-state index contributed by atoms with van der Waals surface area (Å²) in [6, 6.07) is 58.4. The van der Waals surface area contributed by atoms with Crippen LogP contribution in [0.25, 0.3) is 22.3 Å². The summed E-state index contributed by atoms with van der Waals surface area (Å²) in [6.45, 7) is 14.6. The first kappa shape index (κ1) is 31.8. The van der Waals surface area contributed by atoms with Crippen molar-refractivity contribution in [1.82, 2.24) is 0 Å². The van der Waals surface area contributed by atoms with E-state index in [0.717, 1.165) is 17.1 Å². The molecule has 7 aromatic carbocycles. The molecule has 0 atom stereocenters. The van der Waals surface area contributed by atoms with Crippen LogP contribution in [0.3, 0.4) is 0 Å². The highest BCUT2D eigenvalue weighted by atomic mass is 15.2. The van der Waals surface area contributed by atoms with E-state index < -0.39 is 0 Å². The lowest BCUT2D eigenvalue weighted by Gasteiger charge is -2.55. The summed E-state index contributed by atoms with van der Waals surface area (Å²) in [5, 5.41) is 0. The van der Waals surface area contributed by atoms with Crippen LogP contribution >= 0.6 is 0 Å². The fraction of sp³-hybridized carbons (Fsp3) is 0.176. The van der Waals surface area contributed by atoms with E-state index in [-0.39, 0.29) is 16.2 Å². The standard InChI is InChI=1S/C51H44N2/c1-49(2)40-23-16-24-41-46(40)53-47-42(49)29-35(33-17-10-7-11-18-33)30-44(47)51(5,6)45-32-36(31-43(48(45)53)50(41,3)4)34-25-27-39(28-26-34)52(37-19-12-8-13-20-37)38-21-14-9-15-22-38/h7-32H,1-6H3. The lowest BCUT2D eigenvalue weighted by Crippen LogP contribution is -2.43. The first-order valence-electron chi connectivity index (χ1n) is 18.9.